The Morgan fingerprint density at radius 2 is 1.75 bits per heavy atom. The minimum absolute atomic E-state index is 0.0937. The van der Waals surface area contributed by atoms with Crippen molar-refractivity contribution in [1.82, 2.24) is 0 Å². The van der Waals surface area contributed by atoms with Crippen LogP contribution in [0.4, 0.5) is 0 Å². The third-order valence-corrected chi connectivity index (χ3v) is 4.56. The normalized spacial score (nSPS) is 11.1. The number of benzene rings is 3. The van der Waals surface area contributed by atoms with Crippen LogP contribution in [-0.2, 0) is 0 Å². The van der Waals surface area contributed by atoms with Gasteiger partial charge in [0, 0.05) is 5.56 Å². The lowest BCUT2D eigenvalue weighted by Gasteiger charge is -2.04. The molecule has 0 amide bonds. The lowest BCUT2D eigenvalue weighted by Crippen LogP contribution is -1.94. The molecule has 0 radical (unpaired) electrons. The van der Waals surface area contributed by atoms with Crippen molar-refractivity contribution in [3.8, 4) is 5.75 Å². The Balaban J connectivity index is 1.88. The molecule has 0 aliphatic rings. The van der Waals surface area contributed by atoms with Gasteiger partial charge >= 0.3 is 0 Å². The highest BCUT2D eigenvalue weighted by molar-refractivity contribution is 6.42. The molecule has 0 aliphatic carbocycles. The van der Waals surface area contributed by atoms with E-state index >= 15 is 0 Å². The minimum atomic E-state index is -0.0937. The average molecular weight is 357 g/mol. The number of hydrogen-bond acceptors (Lipinski definition) is 2. The number of halogens is 2. The first-order valence-corrected chi connectivity index (χ1v) is 8.08. The zero-order chi connectivity index (χ0) is 17.1. The van der Waals surface area contributed by atoms with Crippen LogP contribution in [0.3, 0.4) is 0 Å². The second-order valence-electron chi connectivity index (χ2n) is 5.27. The number of fused-ring (bicyclic) bond motifs is 1. The highest BCUT2D eigenvalue weighted by atomic mass is 35.5. The van der Waals surface area contributed by atoms with Gasteiger partial charge in [0.1, 0.15) is 5.75 Å². The van der Waals surface area contributed by atoms with E-state index in [2.05, 4.69) is 0 Å². The predicted molar refractivity (Wildman–Crippen MR) is 100 cm³/mol. The number of allylic oxidation sites excluding steroid dienone is 1. The van der Waals surface area contributed by atoms with E-state index in [1.807, 2.05) is 36.4 Å². The molecule has 0 saturated carbocycles. The topological polar surface area (TPSA) is 26.3 Å². The van der Waals surface area contributed by atoms with Crippen molar-refractivity contribution in [2.75, 3.05) is 7.11 Å². The molecule has 3 aromatic carbocycles. The third-order valence-electron chi connectivity index (χ3n) is 3.73. The van der Waals surface area contributed by atoms with E-state index in [0.717, 1.165) is 16.5 Å². The summed E-state index contributed by atoms with van der Waals surface area (Å²) in [6, 6.07) is 16.6. The van der Waals surface area contributed by atoms with E-state index in [1.165, 1.54) is 6.08 Å². The highest BCUT2D eigenvalue weighted by Gasteiger charge is 2.06. The van der Waals surface area contributed by atoms with Gasteiger partial charge in [0.05, 0.1) is 17.2 Å². The van der Waals surface area contributed by atoms with Crippen LogP contribution in [0.5, 0.6) is 5.75 Å². The monoisotopic (exact) mass is 356 g/mol. The van der Waals surface area contributed by atoms with Crippen LogP contribution in [0.15, 0.2) is 60.7 Å². The maximum Gasteiger partial charge on any atom is 0.185 e. The second-order valence-corrected chi connectivity index (χ2v) is 6.05. The fourth-order valence-electron chi connectivity index (χ4n) is 2.41. The van der Waals surface area contributed by atoms with Crippen LogP contribution >= 0.6 is 23.2 Å². The van der Waals surface area contributed by atoms with Crippen LogP contribution in [0, 0.1) is 0 Å². The molecular formula is C20H14Cl2O2. The molecule has 0 bridgehead atoms. The van der Waals surface area contributed by atoms with Gasteiger partial charge in [-0.3, -0.25) is 4.79 Å². The summed E-state index contributed by atoms with van der Waals surface area (Å²) >= 11 is 12.1. The molecule has 0 fully saturated rings. The molecule has 0 aliphatic heterocycles. The van der Waals surface area contributed by atoms with Gasteiger partial charge in [0.25, 0.3) is 0 Å². The molecule has 3 aromatic rings. The number of carbonyl (C=O) groups excluding carboxylic acids is 1. The Labute approximate surface area is 150 Å². The van der Waals surface area contributed by atoms with Gasteiger partial charge in [0.2, 0.25) is 0 Å². The number of ketones is 1. The van der Waals surface area contributed by atoms with E-state index in [9.17, 15) is 4.79 Å². The Morgan fingerprint density at radius 1 is 1.00 bits per heavy atom. The first kappa shape index (κ1) is 16.6. The number of ether oxygens (including phenoxy) is 1. The Morgan fingerprint density at radius 3 is 2.54 bits per heavy atom. The van der Waals surface area contributed by atoms with Gasteiger partial charge in [-0.2, -0.15) is 0 Å². The molecular weight excluding hydrogens is 343 g/mol. The largest absolute Gasteiger partial charge is 0.497 e. The molecule has 0 N–H and O–H groups in total. The molecule has 0 saturated heterocycles. The number of carbonyl (C=O) groups is 1. The zero-order valence-corrected chi connectivity index (χ0v) is 14.4. The number of rotatable bonds is 4. The standard InChI is InChI=1S/C20H14Cl2O2/c1-24-17-9-7-14-11-16(6-5-15(14)12-17)19(23)10-8-13-3-2-4-18(21)20(13)22/h2-12H,1H3/b10-8+. The molecule has 0 atom stereocenters. The second kappa shape index (κ2) is 7.08. The summed E-state index contributed by atoms with van der Waals surface area (Å²) in [5, 5.41) is 2.91. The summed E-state index contributed by atoms with van der Waals surface area (Å²) < 4.78 is 5.21. The van der Waals surface area contributed by atoms with Crippen LogP contribution in [-0.4, -0.2) is 12.9 Å². The highest BCUT2D eigenvalue weighted by Crippen LogP contribution is 2.27. The summed E-state index contributed by atoms with van der Waals surface area (Å²) in [7, 11) is 1.63. The van der Waals surface area contributed by atoms with Crippen molar-refractivity contribution in [1.29, 1.82) is 0 Å². The lowest BCUT2D eigenvalue weighted by molar-refractivity contribution is 0.104. The summed E-state index contributed by atoms with van der Waals surface area (Å²) in [6.07, 6.45) is 3.18. The first-order chi connectivity index (χ1) is 11.6. The maximum atomic E-state index is 12.4. The van der Waals surface area contributed by atoms with Crippen molar-refractivity contribution in [2.24, 2.45) is 0 Å². The molecule has 0 heterocycles. The van der Waals surface area contributed by atoms with Gasteiger partial charge in [0.15, 0.2) is 5.78 Å². The van der Waals surface area contributed by atoms with Crippen LogP contribution in [0.25, 0.3) is 16.8 Å². The predicted octanol–water partition coefficient (Wildman–Crippen LogP) is 6.05. The van der Waals surface area contributed by atoms with Crippen molar-refractivity contribution < 1.29 is 9.53 Å². The first-order valence-electron chi connectivity index (χ1n) is 7.33. The smallest absolute Gasteiger partial charge is 0.185 e. The summed E-state index contributed by atoms with van der Waals surface area (Å²) in [6.45, 7) is 0. The van der Waals surface area contributed by atoms with E-state index in [1.54, 1.807) is 31.4 Å². The van der Waals surface area contributed by atoms with Gasteiger partial charge in [-0.1, -0.05) is 53.5 Å². The van der Waals surface area contributed by atoms with Crippen molar-refractivity contribution in [3.05, 3.63) is 81.8 Å². The van der Waals surface area contributed by atoms with E-state index < -0.39 is 0 Å². The van der Waals surface area contributed by atoms with E-state index in [4.69, 9.17) is 27.9 Å². The van der Waals surface area contributed by atoms with Gasteiger partial charge in [-0.05, 0) is 52.8 Å². The summed E-state index contributed by atoms with van der Waals surface area (Å²) in [5.41, 5.74) is 1.32. The Bertz CT molecular complexity index is 946. The van der Waals surface area contributed by atoms with Crippen molar-refractivity contribution >= 4 is 45.8 Å². The SMILES string of the molecule is COc1ccc2cc(C(=O)/C=C/c3cccc(Cl)c3Cl)ccc2c1. The van der Waals surface area contributed by atoms with Crippen LogP contribution < -0.4 is 4.74 Å². The van der Waals surface area contributed by atoms with Crippen molar-refractivity contribution in [3.63, 3.8) is 0 Å². The zero-order valence-electron chi connectivity index (χ0n) is 12.9. The van der Waals surface area contributed by atoms with Crippen LogP contribution in [0.2, 0.25) is 10.0 Å². The summed E-state index contributed by atoms with van der Waals surface area (Å²) in [5.74, 6) is 0.695. The fraction of sp³-hybridized carbons (Fsp3) is 0.0500. The van der Waals surface area contributed by atoms with E-state index in [-0.39, 0.29) is 5.78 Å². The fourth-order valence-corrected chi connectivity index (χ4v) is 2.79. The third kappa shape index (κ3) is 3.45. The minimum Gasteiger partial charge on any atom is -0.497 e. The lowest BCUT2D eigenvalue weighted by atomic mass is 10.0. The molecule has 4 heteroatoms. The quantitative estimate of drug-likeness (QED) is 0.420. The molecule has 2 nitrogen and oxygen atoms in total. The number of hydrogen-bond donors (Lipinski definition) is 0. The van der Waals surface area contributed by atoms with Gasteiger partial charge in [-0.15, -0.1) is 0 Å². The van der Waals surface area contributed by atoms with E-state index in [0.29, 0.717) is 21.2 Å². The Hall–Kier alpha value is -2.29. The number of methoxy groups -OCH3 is 1. The average Bonchev–Trinajstić information content (AvgIpc) is 2.61. The van der Waals surface area contributed by atoms with Crippen LogP contribution in [0.1, 0.15) is 15.9 Å². The Kier molecular flexibility index (Phi) is 4.89. The summed E-state index contributed by atoms with van der Waals surface area (Å²) in [4.78, 5) is 12.4. The molecule has 3 rings (SSSR count). The van der Waals surface area contributed by atoms with Gasteiger partial charge in [-0.25, -0.2) is 0 Å². The van der Waals surface area contributed by atoms with Gasteiger partial charge < -0.3 is 4.74 Å². The molecule has 24 heavy (non-hydrogen) atoms. The molecule has 0 spiro atoms. The molecule has 0 unspecified atom stereocenters. The maximum absolute atomic E-state index is 12.4. The molecule has 120 valence electrons. The molecule has 0 aromatic heterocycles. The van der Waals surface area contributed by atoms with Crippen molar-refractivity contribution in [2.45, 2.75) is 0 Å².